The Labute approximate surface area is 128 Å². The highest BCUT2D eigenvalue weighted by atomic mass is 35.5. The smallest absolute Gasteiger partial charge is 0.233 e. The molecule has 1 rings (SSSR count). The second kappa shape index (κ2) is 8.09. The number of anilines is 1. The summed E-state index contributed by atoms with van der Waals surface area (Å²) in [6, 6.07) is 4.91. The van der Waals surface area contributed by atoms with E-state index in [1.54, 1.807) is 18.2 Å². The van der Waals surface area contributed by atoms with Crippen LogP contribution in [0.3, 0.4) is 0 Å². The lowest BCUT2D eigenvalue weighted by Gasteiger charge is -2.11. The minimum Gasteiger partial charge on any atom is -0.354 e. The van der Waals surface area contributed by atoms with E-state index in [4.69, 9.17) is 23.2 Å². The van der Waals surface area contributed by atoms with Gasteiger partial charge in [-0.2, -0.15) is 0 Å². The van der Waals surface area contributed by atoms with Crippen LogP contribution in [-0.4, -0.2) is 43.9 Å². The summed E-state index contributed by atoms with van der Waals surface area (Å²) >= 11 is 11.8. The monoisotopic (exact) mass is 317 g/mol. The first kappa shape index (κ1) is 16.8. The fourth-order valence-corrected chi connectivity index (χ4v) is 1.77. The summed E-state index contributed by atoms with van der Waals surface area (Å²) in [6.45, 7) is 1.21. The fraction of sp³-hybridized carbons (Fsp3) is 0.385. The lowest BCUT2D eigenvalue weighted by Crippen LogP contribution is -2.33. The van der Waals surface area contributed by atoms with E-state index in [-0.39, 0.29) is 17.4 Å². The van der Waals surface area contributed by atoms with Gasteiger partial charge in [0, 0.05) is 13.1 Å². The molecule has 0 saturated heterocycles. The van der Waals surface area contributed by atoms with E-state index in [1.165, 1.54) is 0 Å². The number of rotatable bonds is 6. The van der Waals surface area contributed by atoms with Gasteiger partial charge in [0.1, 0.15) is 6.42 Å². The van der Waals surface area contributed by atoms with Crippen molar-refractivity contribution in [3.8, 4) is 0 Å². The molecule has 2 amide bonds. The van der Waals surface area contributed by atoms with Gasteiger partial charge in [-0.1, -0.05) is 29.3 Å². The Bertz CT molecular complexity index is 493. The molecule has 1 aromatic rings. The van der Waals surface area contributed by atoms with Crippen molar-refractivity contribution in [2.75, 3.05) is 32.5 Å². The molecule has 0 spiro atoms. The molecule has 0 bridgehead atoms. The maximum Gasteiger partial charge on any atom is 0.233 e. The molecule has 0 fully saturated rings. The Hall–Kier alpha value is -1.30. The zero-order valence-electron chi connectivity index (χ0n) is 11.4. The molecule has 0 radical (unpaired) electrons. The zero-order valence-corrected chi connectivity index (χ0v) is 12.9. The number of amides is 2. The molecule has 20 heavy (non-hydrogen) atoms. The highest BCUT2D eigenvalue weighted by Crippen LogP contribution is 2.29. The van der Waals surface area contributed by atoms with Crippen LogP contribution in [0, 0.1) is 0 Å². The van der Waals surface area contributed by atoms with Crippen LogP contribution in [0.5, 0.6) is 0 Å². The van der Waals surface area contributed by atoms with E-state index in [9.17, 15) is 9.59 Å². The molecule has 5 nitrogen and oxygen atoms in total. The third-order valence-electron chi connectivity index (χ3n) is 2.43. The van der Waals surface area contributed by atoms with Crippen molar-refractivity contribution < 1.29 is 9.59 Å². The first-order valence-electron chi connectivity index (χ1n) is 6.05. The Kier molecular flexibility index (Phi) is 6.78. The van der Waals surface area contributed by atoms with Gasteiger partial charge in [0.15, 0.2) is 0 Å². The third-order valence-corrected chi connectivity index (χ3v) is 3.25. The number of hydrogen-bond donors (Lipinski definition) is 2. The van der Waals surface area contributed by atoms with E-state index in [2.05, 4.69) is 10.6 Å². The average molecular weight is 318 g/mol. The normalized spacial score (nSPS) is 10.4. The number of nitrogens with zero attached hydrogens (tertiary/aromatic N) is 1. The van der Waals surface area contributed by atoms with Crippen LogP contribution in [0.1, 0.15) is 6.42 Å². The van der Waals surface area contributed by atoms with Crippen molar-refractivity contribution >= 4 is 40.7 Å². The van der Waals surface area contributed by atoms with Crippen LogP contribution >= 0.6 is 23.2 Å². The van der Waals surface area contributed by atoms with Crippen LogP contribution in [0.15, 0.2) is 18.2 Å². The molecule has 7 heteroatoms. The van der Waals surface area contributed by atoms with Gasteiger partial charge in [0.2, 0.25) is 11.8 Å². The van der Waals surface area contributed by atoms with Gasteiger partial charge in [-0.05, 0) is 26.2 Å². The van der Waals surface area contributed by atoms with Crippen molar-refractivity contribution in [2.24, 2.45) is 0 Å². The second-order valence-corrected chi connectivity index (χ2v) is 5.26. The van der Waals surface area contributed by atoms with Crippen molar-refractivity contribution in [1.82, 2.24) is 10.2 Å². The molecule has 0 heterocycles. The number of nitrogens with one attached hydrogen (secondary N) is 2. The Morgan fingerprint density at radius 1 is 1.20 bits per heavy atom. The maximum atomic E-state index is 11.7. The van der Waals surface area contributed by atoms with Crippen LogP contribution in [-0.2, 0) is 9.59 Å². The van der Waals surface area contributed by atoms with Gasteiger partial charge in [0.25, 0.3) is 0 Å². The lowest BCUT2D eigenvalue weighted by atomic mass is 10.3. The molecular formula is C13H17Cl2N3O2. The molecule has 0 unspecified atom stereocenters. The summed E-state index contributed by atoms with van der Waals surface area (Å²) < 4.78 is 0. The van der Waals surface area contributed by atoms with Gasteiger partial charge in [-0.25, -0.2) is 0 Å². The summed E-state index contributed by atoms with van der Waals surface area (Å²) in [5.41, 5.74) is 0.394. The number of halogens is 2. The number of hydrogen-bond acceptors (Lipinski definition) is 3. The van der Waals surface area contributed by atoms with Crippen LogP contribution in [0.25, 0.3) is 0 Å². The molecule has 0 atom stereocenters. The number of likely N-dealkylation sites (N-methyl/N-ethyl adjacent to an activating group) is 1. The molecular weight excluding hydrogens is 301 g/mol. The third kappa shape index (κ3) is 5.77. The summed E-state index contributed by atoms with van der Waals surface area (Å²) in [7, 11) is 3.81. The van der Waals surface area contributed by atoms with E-state index < -0.39 is 5.91 Å². The quantitative estimate of drug-likeness (QED) is 0.789. The predicted octanol–water partition coefficient (Wildman–Crippen LogP) is 2.00. The van der Waals surface area contributed by atoms with E-state index in [0.29, 0.717) is 23.8 Å². The van der Waals surface area contributed by atoms with Crippen LogP contribution in [0.2, 0.25) is 10.0 Å². The molecule has 0 aromatic heterocycles. The minimum absolute atomic E-state index is 0.254. The van der Waals surface area contributed by atoms with Gasteiger partial charge in [0.05, 0.1) is 15.7 Å². The standard InChI is InChI=1S/C13H17Cl2N3O2/c1-18(2)7-6-16-11(19)8-12(20)17-10-5-3-4-9(14)13(10)15/h3-5H,6-8H2,1-2H3,(H,16,19)(H,17,20). The Balaban J connectivity index is 2.43. The summed E-state index contributed by atoms with van der Waals surface area (Å²) in [4.78, 5) is 25.2. The SMILES string of the molecule is CN(C)CCNC(=O)CC(=O)Nc1cccc(Cl)c1Cl. The molecule has 2 N–H and O–H groups in total. The topological polar surface area (TPSA) is 61.4 Å². The number of benzene rings is 1. The predicted molar refractivity (Wildman–Crippen MR) is 81.3 cm³/mol. The molecule has 110 valence electrons. The lowest BCUT2D eigenvalue weighted by molar-refractivity contribution is -0.126. The van der Waals surface area contributed by atoms with E-state index in [0.717, 1.165) is 0 Å². The average Bonchev–Trinajstić information content (AvgIpc) is 2.34. The Morgan fingerprint density at radius 2 is 1.90 bits per heavy atom. The van der Waals surface area contributed by atoms with Crippen molar-refractivity contribution in [3.05, 3.63) is 28.2 Å². The molecule has 0 aliphatic rings. The maximum absolute atomic E-state index is 11.7. The molecule has 0 aliphatic carbocycles. The van der Waals surface area contributed by atoms with Gasteiger partial charge >= 0.3 is 0 Å². The van der Waals surface area contributed by atoms with E-state index in [1.807, 2.05) is 19.0 Å². The van der Waals surface area contributed by atoms with Crippen molar-refractivity contribution in [3.63, 3.8) is 0 Å². The highest BCUT2D eigenvalue weighted by Gasteiger charge is 2.12. The van der Waals surface area contributed by atoms with Crippen LogP contribution < -0.4 is 10.6 Å². The van der Waals surface area contributed by atoms with Gasteiger partial charge in [-0.3, -0.25) is 9.59 Å². The summed E-state index contributed by atoms with van der Waals surface area (Å²) in [5.74, 6) is -0.765. The first-order chi connectivity index (χ1) is 9.40. The fourth-order valence-electron chi connectivity index (χ4n) is 1.42. The first-order valence-corrected chi connectivity index (χ1v) is 6.81. The highest BCUT2D eigenvalue weighted by molar-refractivity contribution is 6.44. The van der Waals surface area contributed by atoms with Gasteiger partial charge < -0.3 is 15.5 Å². The van der Waals surface area contributed by atoms with E-state index >= 15 is 0 Å². The zero-order chi connectivity index (χ0) is 15.1. The van der Waals surface area contributed by atoms with Crippen LogP contribution in [0.4, 0.5) is 5.69 Å². The molecule has 0 aliphatic heterocycles. The summed E-state index contributed by atoms with van der Waals surface area (Å²) in [5, 5.41) is 5.82. The molecule has 1 aromatic carbocycles. The largest absolute Gasteiger partial charge is 0.354 e. The number of carbonyl (C=O) groups is 2. The van der Waals surface area contributed by atoms with Gasteiger partial charge in [-0.15, -0.1) is 0 Å². The molecule has 0 saturated carbocycles. The minimum atomic E-state index is -0.434. The number of carbonyl (C=O) groups excluding carboxylic acids is 2. The Morgan fingerprint density at radius 3 is 2.55 bits per heavy atom. The van der Waals surface area contributed by atoms with Crippen molar-refractivity contribution in [1.29, 1.82) is 0 Å². The second-order valence-electron chi connectivity index (χ2n) is 4.48. The summed E-state index contributed by atoms with van der Waals surface area (Å²) in [6.07, 6.45) is -0.254. The van der Waals surface area contributed by atoms with Crippen molar-refractivity contribution in [2.45, 2.75) is 6.42 Å².